The summed E-state index contributed by atoms with van der Waals surface area (Å²) in [5.41, 5.74) is 2.55. The van der Waals surface area contributed by atoms with E-state index in [9.17, 15) is 4.79 Å². The highest BCUT2D eigenvalue weighted by Gasteiger charge is 2.23. The SMILES string of the molecule is CN=C(NCCc1ccncc1C)N1CCN(CC(=O)N2CCCCCC2)CC1. The molecular weight excluding hydrogens is 364 g/mol. The van der Waals surface area contributed by atoms with Gasteiger partial charge in [0.2, 0.25) is 5.91 Å². The molecule has 0 unspecified atom stereocenters. The lowest BCUT2D eigenvalue weighted by atomic mass is 10.1. The van der Waals surface area contributed by atoms with Crippen LogP contribution in [0.1, 0.15) is 36.8 Å². The van der Waals surface area contributed by atoms with Gasteiger partial charge in [0, 0.05) is 65.3 Å². The van der Waals surface area contributed by atoms with E-state index in [0.717, 1.165) is 71.0 Å². The van der Waals surface area contributed by atoms with Crippen molar-refractivity contribution in [2.75, 3.05) is 59.4 Å². The van der Waals surface area contributed by atoms with E-state index in [2.05, 4.69) is 43.0 Å². The number of hydrogen-bond acceptors (Lipinski definition) is 4. The van der Waals surface area contributed by atoms with Gasteiger partial charge in [0.1, 0.15) is 0 Å². The van der Waals surface area contributed by atoms with Crippen molar-refractivity contribution in [3.8, 4) is 0 Å². The van der Waals surface area contributed by atoms with E-state index in [1.54, 1.807) is 0 Å². The van der Waals surface area contributed by atoms with Gasteiger partial charge in [-0.05, 0) is 43.4 Å². The van der Waals surface area contributed by atoms with Crippen molar-refractivity contribution in [3.63, 3.8) is 0 Å². The summed E-state index contributed by atoms with van der Waals surface area (Å²) in [6, 6.07) is 2.08. The van der Waals surface area contributed by atoms with Crippen LogP contribution in [-0.4, -0.2) is 91.0 Å². The Balaban J connectivity index is 1.40. The molecule has 7 heteroatoms. The number of aryl methyl sites for hydroxylation is 1. The summed E-state index contributed by atoms with van der Waals surface area (Å²) < 4.78 is 0. The van der Waals surface area contributed by atoms with Crippen molar-refractivity contribution in [2.24, 2.45) is 4.99 Å². The van der Waals surface area contributed by atoms with Crippen LogP contribution in [0.25, 0.3) is 0 Å². The monoisotopic (exact) mass is 400 g/mol. The molecule has 3 rings (SSSR count). The number of rotatable bonds is 5. The van der Waals surface area contributed by atoms with Gasteiger partial charge in [-0.3, -0.25) is 19.7 Å². The summed E-state index contributed by atoms with van der Waals surface area (Å²) in [4.78, 5) is 27.9. The van der Waals surface area contributed by atoms with Gasteiger partial charge in [0.05, 0.1) is 6.54 Å². The van der Waals surface area contributed by atoms with E-state index < -0.39 is 0 Å². The topological polar surface area (TPSA) is 64.1 Å². The first-order valence-electron chi connectivity index (χ1n) is 11.0. The molecule has 0 atom stereocenters. The van der Waals surface area contributed by atoms with Gasteiger partial charge < -0.3 is 15.1 Å². The molecule has 29 heavy (non-hydrogen) atoms. The summed E-state index contributed by atoms with van der Waals surface area (Å²) in [6.07, 6.45) is 9.54. The van der Waals surface area contributed by atoms with Gasteiger partial charge >= 0.3 is 0 Å². The Kier molecular flexibility index (Phi) is 8.28. The van der Waals surface area contributed by atoms with Gasteiger partial charge in [-0.1, -0.05) is 12.8 Å². The molecule has 1 amide bonds. The molecule has 7 nitrogen and oxygen atoms in total. The lowest BCUT2D eigenvalue weighted by Crippen LogP contribution is -2.54. The number of piperazine rings is 1. The minimum atomic E-state index is 0.301. The van der Waals surface area contributed by atoms with Crippen LogP contribution in [0.15, 0.2) is 23.5 Å². The van der Waals surface area contributed by atoms with Gasteiger partial charge in [0.25, 0.3) is 0 Å². The third-order valence-corrected chi connectivity index (χ3v) is 6.02. The maximum atomic E-state index is 12.6. The zero-order valence-electron chi connectivity index (χ0n) is 18.1. The summed E-state index contributed by atoms with van der Waals surface area (Å²) in [5.74, 6) is 1.26. The number of aromatic nitrogens is 1. The Morgan fingerprint density at radius 3 is 2.45 bits per heavy atom. The lowest BCUT2D eigenvalue weighted by molar-refractivity contribution is -0.132. The molecule has 0 spiro atoms. The van der Waals surface area contributed by atoms with Crippen LogP contribution in [0.5, 0.6) is 0 Å². The summed E-state index contributed by atoms with van der Waals surface area (Å²) >= 11 is 0. The minimum Gasteiger partial charge on any atom is -0.356 e. The molecule has 0 saturated carbocycles. The normalized spacial score (nSPS) is 19.2. The first-order chi connectivity index (χ1) is 14.2. The van der Waals surface area contributed by atoms with E-state index >= 15 is 0 Å². The van der Waals surface area contributed by atoms with E-state index in [0.29, 0.717) is 12.5 Å². The van der Waals surface area contributed by atoms with Crippen molar-refractivity contribution in [3.05, 3.63) is 29.6 Å². The highest BCUT2D eigenvalue weighted by Crippen LogP contribution is 2.11. The summed E-state index contributed by atoms with van der Waals surface area (Å²) in [5, 5.41) is 3.49. The van der Waals surface area contributed by atoms with E-state index in [-0.39, 0.29) is 0 Å². The molecule has 1 aromatic heterocycles. The number of hydrogen-bond donors (Lipinski definition) is 1. The smallest absolute Gasteiger partial charge is 0.236 e. The fraction of sp³-hybridized carbons (Fsp3) is 0.682. The third-order valence-electron chi connectivity index (χ3n) is 6.02. The average molecular weight is 401 g/mol. The number of amides is 1. The molecule has 160 valence electrons. The number of nitrogens with one attached hydrogen (secondary N) is 1. The van der Waals surface area contributed by atoms with Crippen LogP contribution >= 0.6 is 0 Å². The van der Waals surface area contributed by atoms with Gasteiger partial charge in [0.15, 0.2) is 5.96 Å². The molecule has 3 heterocycles. The molecule has 1 aromatic rings. The van der Waals surface area contributed by atoms with Gasteiger partial charge in [-0.25, -0.2) is 0 Å². The number of guanidine groups is 1. The largest absolute Gasteiger partial charge is 0.356 e. The fourth-order valence-electron chi connectivity index (χ4n) is 4.15. The zero-order valence-corrected chi connectivity index (χ0v) is 18.1. The van der Waals surface area contributed by atoms with Crippen LogP contribution in [0.2, 0.25) is 0 Å². The molecule has 0 bridgehead atoms. The van der Waals surface area contributed by atoms with E-state index in [1.807, 2.05) is 19.4 Å². The molecule has 0 aromatic carbocycles. The Bertz CT molecular complexity index is 676. The van der Waals surface area contributed by atoms with Crippen molar-refractivity contribution >= 4 is 11.9 Å². The lowest BCUT2D eigenvalue weighted by Gasteiger charge is -2.37. The molecular formula is C22H36N6O. The second kappa shape index (κ2) is 11.1. The standard InChI is InChI=1S/C22H36N6O/c1-19-17-24-9-7-20(19)8-10-25-22(23-2)28-15-13-26(14-16-28)18-21(29)27-11-5-3-4-6-12-27/h7,9,17H,3-6,8,10-16,18H2,1-2H3,(H,23,25). The van der Waals surface area contributed by atoms with Crippen molar-refractivity contribution in [1.82, 2.24) is 25.0 Å². The number of likely N-dealkylation sites (tertiary alicyclic amines) is 1. The van der Waals surface area contributed by atoms with Crippen molar-refractivity contribution in [1.29, 1.82) is 0 Å². The first-order valence-corrected chi connectivity index (χ1v) is 11.0. The molecule has 0 radical (unpaired) electrons. The predicted octanol–water partition coefficient (Wildman–Crippen LogP) is 1.53. The van der Waals surface area contributed by atoms with Crippen molar-refractivity contribution in [2.45, 2.75) is 39.0 Å². The van der Waals surface area contributed by atoms with Crippen LogP contribution in [0.4, 0.5) is 0 Å². The summed E-state index contributed by atoms with van der Waals surface area (Å²) in [7, 11) is 1.84. The molecule has 2 saturated heterocycles. The number of pyridine rings is 1. The molecule has 1 N–H and O–H groups in total. The Labute approximate surface area is 175 Å². The Hall–Kier alpha value is -2.15. The third kappa shape index (κ3) is 6.42. The highest BCUT2D eigenvalue weighted by atomic mass is 16.2. The van der Waals surface area contributed by atoms with Gasteiger partial charge in [-0.15, -0.1) is 0 Å². The zero-order chi connectivity index (χ0) is 20.5. The number of carbonyl (C=O) groups excluding carboxylic acids is 1. The van der Waals surface area contributed by atoms with Crippen LogP contribution in [-0.2, 0) is 11.2 Å². The quantitative estimate of drug-likeness (QED) is 0.600. The number of carbonyl (C=O) groups is 1. The second-order valence-electron chi connectivity index (χ2n) is 8.08. The number of nitrogens with zero attached hydrogens (tertiary/aromatic N) is 5. The van der Waals surface area contributed by atoms with Crippen LogP contribution < -0.4 is 5.32 Å². The molecule has 2 aliphatic rings. The maximum absolute atomic E-state index is 12.6. The Morgan fingerprint density at radius 1 is 1.07 bits per heavy atom. The number of aliphatic imine (C=N–C) groups is 1. The van der Waals surface area contributed by atoms with E-state index in [4.69, 9.17) is 0 Å². The minimum absolute atomic E-state index is 0.301. The van der Waals surface area contributed by atoms with E-state index in [1.165, 1.54) is 24.0 Å². The van der Waals surface area contributed by atoms with Crippen LogP contribution in [0, 0.1) is 6.92 Å². The Morgan fingerprint density at radius 2 is 1.79 bits per heavy atom. The molecule has 2 aliphatic heterocycles. The van der Waals surface area contributed by atoms with Crippen LogP contribution in [0.3, 0.4) is 0 Å². The maximum Gasteiger partial charge on any atom is 0.236 e. The van der Waals surface area contributed by atoms with Crippen molar-refractivity contribution < 1.29 is 4.79 Å². The molecule has 2 fully saturated rings. The second-order valence-corrected chi connectivity index (χ2v) is 8.08. The average Bonchev–Trinajstić information content (AvgIpc) is 3.03. The highest BCUT2D eigenvalue weighted by molar-refractivity contribution is 5.80. The fourth-order valence-corrected chi connectivity index (χ4v) is 4.15. The summed E-state index contributed by atoms with van der Waals surface area (Å²) in [6.45, 7) is 9.00. The predicted molar refractivity (Wildman–Crippen MR) is 117 cm³/mol. The van der Waals surface area contributed by atoms with Gasteiger partial charge in [-0.2, -0.15) is 0 Å². The molecule has 0 aliphatic carbocycles. The first kappa shape index (κ1) is 21.6.